The van der Waals surface area contributed by atoms with Crippen molar-refractivity contribution in [3.05, 3.63) is 41.5 Å². The number of nitrogens with one attached hydrogen (secondary N) is 2. The van der Waals surface area contributed by atoms with Crippen molar-refractivity contribution in [2.75, 3.05) is 18.4 Å². The SMILES string of the molecule is Cc1noc(C2CC2)c1NC(=O)NC1CCN(Cc2ccncc2)CC1. The van der Waals surface area contributed by atoms with Crippen molar-refractivity contribution in [2.45, 2.75) is 51.1 Å². The number of hydrogen-bond acceptors (Lipinski definition) is 5. The van der Waals surface area contributed by atoms with E-state index in [4.69, 9.17) is 4.52 Å². The third-order valence-electron chi connectivity index (χ3n) is 5.15. The molecular weight excluding hydrogens is 330 g/mol. The van der Waals surface area contributed by atoms with Crippen LogP contribution in [0.15, 0.2) is 29.0 Å². The largest absolute Gasteiger partial charge is 0.359 e. The van der Waals surface area contributed by atoms with Gasteiger partial charge in [0.05, 0.1) is 0 Å². The number of urea groups is 1. The Hall–Kier alpha value is -2.41. The van der Waals surface area contributed by atoms with Crippen LogP contribution in [0.3, 0.4) is 0 Å². The maximum Gasteiger partial charge on any atom is 0.319 e. The van der Waals surface area contributed by atoms with Crippen molar-refractivity contribution < 1.29 is 9.32 Å². The van der Waals surface area contributed by atoms with Crippen LogP contribution in [0.25, 0.3) is 0 Å². The molecule has 138 valence electrons. The van der Waals surface area contributed by atoms with E-state index in [-0.39, 0.29) is 12.1 Å². The summed E-state index contributed by atoms with van der Waals surface area (Å²) in [6.07, 6.45) is 7.79. The average Bonchev–Trinajstić information content (AvgIpc) is 3.43. The standard InChI is InChI=1S/C19H25N5O2/c1-13-17(18(26-23-13)15-2-3-15)22-19(25)21-16-6-10-24(11-7-16)12-14-4-8-20-9-5-14/h4-5,8-9,15-16H,2-3,6-7,10-12H2,1H3,(H2,21,22,25). The van der Waals surface area contributed by atoms with Gasteiger partial charge in [0.15, 0.2) is 5.76 Å². The first-order chi connectivity index (χ1) is 12.7. The van der Waals surface area contributed by atoms with E-state index in [0.717, 1.165) is 62.5 Å². The summed E-state index contributed by atoms with van der Waals surface area (Å²) in [6, 6.07) is 4.14. The van der Waals surface area contributed by atoms with Gasteiger partial charge in [0.1, 0.15) is 11.4 Å². The van der Waals surface area contributed by atoms with Crippen LogP contribution in [0.4, 0.5) is 10.5 Å². The second kappa shape index (κ2) is 7.45. The van der Waals surface area contributed by atoms with E-state index in [1.165, 1.54) is 5.56 Å². The molecule has 1 saturated heterocycles. The van der Waals surface area contributed by atoms with Gasteiger partial charge >= 0.3 is 6.03 Å². The van der Waals surface area contributed by atoms with Crippen molar-refractivity contribution in [3.8, 4) is 0 Å². The number of pyridine rings is 1. The van der Waals surface area contributed by atoms with Gasteiger partial charge in [-0.3, -0.25) is 9.88 Å². The van der Waals surface area contributed by atoms with E-state index in [1.807, 2.05) is 19.3 Å². The van der Waals surface area contributed by atoms with Gasteiger partial charge in [-0.1, -0.05) is 5.16 Å². The number of anilines is 1. The lowest BCUT2D eigenvalue weighted by Crippen LogP contribution is -2.45. The Morgan fingerprint density at radius 2 is 1.96 bits per heavy atom. The molecule has 0 unspecified atom stereocenters. The molecule has 0 radical (unpaired) electrons. The van der Waals surface area contributed by atoms with E-state index in [0.29, 0.717) is 5.92 Å². The molecule has 1 aliphatic heterocycles. The Balaban J connectivity index is 1.25. The number of carbonyl (C=O) groups excluding carboxylic acids is 1. The number of nitrogens with zero attached hydrogens (tertiary/aromatic N) is 3. The molecule has 26 heavy (non-hydrogen) atoms. The van der Waals surface area contributed by atoms with Crippen LogP contribution in [0, 0.1) is 6.92 Å². The number of rotatable bonds is 5. The summed E-state index contributed by atoms with van der Waals surface area (Å²) in [5, 5.41) is 10.0. The van der Waals surface area contributed by atoms with E-state index in [9.17, 15) is 4.79 Å². The molecule has 2 N–H and O–H groups in total. The average molecular weight is 355 g/mol. The summed E-state index contributed by atoms with van der Waals surface area (Å²) < 4.78 is 5.38. The lowest BCUT2D eigenvalue weighted by atomic mass is 10.0. The molecule has 2 aromatic heterocycles. The minimum absolute atomic E-state index is 0.161. The van der Waals surface area contributed by atoms with Crippen LogP contribution in [0.1, 0.15) is 48.6 Å². The monoisotopic (exact) mass is 355 g/mol. The van der Waals surface area contributed by atoms with Gasteiger partial charge in [0, 0.05) is 44.0 Å². The minimum atomic E-state index is -0.161. The Bertz CT molecular complexity index is 749. The Morgan fingerprint density at radius 3 is 2.65 bits per heavy atom. The molecule has 7 nitrogen and oxygen atoms in total. The first-order valence-corrected chi connectivity index (χ1v) is 9.34. The van der Waals surface area contributed by atoms with Crippen LogP contribution in [0.5, 0.6) is 0 Å². The first kappa shape index (κ1) is 17.0. The summed E-state index contributed by atoms with van der Waals surface area (Å²) in [5.74, 6) is 1.24. The summed E-state index contributed by atoms with van der Waals surface area (Å²) in [5.41, 5.74) is 2.77. The number of amides is 2. The van der Waals surface area contributed by atoms with Gasteiger partial charge in [0.25, 0.3) is 0 Å². The fraction of sp³-hybridized carbons (Fsp3) is 0.526. The van der Waals surface area contributed by atoms with Crippen molar-refractivity contribution in [1.29, 1.82) is 0 Å². The van der Waals surface area contributed by atoms with E-state index >= 15 is 0 Å². The van der Waals surface area contributed by atoms with Crippen molar-refractivity contribution in [2.24, 2.45) is 0 Å². The zero-order chi connectivity index (χ0) is 17.9. The first-order valence-electron chi connectivity index (χ1n) is 9.34. The molecule has 2 aromatic rings. The molecule has 0 spiro atoms. The number of likely N-dealkylation sites (tertiary alicyclic amines) is 1. The van der Waals surface area contributed by atoms with Crippen molar-refractivity contribution in [1.82, 2.24) is 20.4 Å². The molecule has 0 aromatic carbocycles. The van der Waals surface area contributed by atoms with Crippen LogP contribution in [0.2, 0.25) is 0 Å². The lowest BCUT2D eigenvalue weighted by Gasteiger charge is -2.32. The zero-order valence-electron chi connectivity index (χ0n) is 15.1. The van der Waals surface area contributed by atoms with Crippen LogP contribution < -0.4 is 10.6 Å². The van der Waals surface area contributed by atoms with Gasteiger partial charge in [-0.2, -0.15) is 0 Å². The lowest BCUT2D eigenvalue weighted by molar-refractivity contribution is 0.190. The van der Waals surface area contributed by atoms with Crippen LogP contribution >= 0.6 is 0 Å². The van der Waals surface area contributed by atoms with Crippen LogP contribution in [-0.4, -0.2) is 40.2 Å². The van der Waals surface area contributed by atoms with Gasteiger partial charge in [-0.15, -0.1) is 0 Å². The summed E-state index contributed by atoms with van der Waals surface area (Å²) in [6.45, 7) is 4.76. The minimum Gasteiger partial charge on any atom is -0.359 e. The predicted molar refractivity (Wildman–Crippen MR) is 97.9 cm³/mol. The highest BCUT2D eigenvalue weighted by Gasteiger charge is 2.32. The van der Waals surface area contributed by atoms with Gasteiger partial charge in [0.2, 0.25) is 0 Å². The zero-order valence-corrected chi connectivity index (χ0v) is 15.1. The third kappa shape index (κ3) is 4.04. The van der Waals surface area contributed by atoms with Crippen molar-refractivity contribution >= 4 is 11.7 Å². The molecule has 7 heteroatoms. The second-order valence-corrected chi connectivity index (χ2v) is 7.29. The number of hydrogen-bond donors (Lipinski definition) is 2. The Labute approximate surface area is 153 Å². The molecule has 3 heterocycles. The molecule has 0 bridgehead atoms. The second-order valence-electron chi connectivity index (χ2n) is 7.29. The fourth-order valence-electron chi connectivity index (χ4n) is 3.48. The predicted octanol–water partition coefficient (Wildman–Crippen LogP) is 3.04. The van der Waals surface area contributed by atoms with E-state index in [1.54, 1.807) is 0 Å². The number of piperidine rings is 1. The molecule has 2 amide bonds. The summed E-state index contributed by atoms with van der Waals surface area (Å²) in [7, 11) is 0. The highest BCUT2D eigenvalue weighted by molar-refractivity contribution is 5.90. The molecule has 2 fully saturated rings. The molecule has 4 rings (SSSR count). The maximum absolute atomic E-state index is 12.4. The quantitative estimate of drug-likeness (QED) is 0.861. The van der Waals surface area contributed by atoms with Crippen molar-refractivity contribution in [3.63, 3.8) is 0 Å². The fourth-order valence-corrected chi connectivity index (χ4v) is 3.48. The number of aryl methyl sites for hydroxylation is 1. The molecular formula is C19H25N5O2. The summed E-state index contributed by atoms with van der Waals surface area (Å²) in [4.78, 5) is 18.9. The van der Waals surface area contributed by atoms with Gasteiger partial charge in [-0.25, -0.2) is 4.79 Å². The number of carbonyl (C=O) groups is 1. The molecule has 2 aliphatic rings. The van der Waals surface area contributed by atoms with E-state index < -0.39 is 0 Å². The molecule has 1 aliphatic carbocycles. The maximum atomic E-state index is 12.4. The topological polar surface area (TPSA) is 83.3 Å². The third-order valence-corrected chi connectivity index (χ3v) is 5.15. The van der Waals surface area contributed by atoms with Crippen LogP contribution in [-0.2, 0) is 6.54 Å². The molecule has 0 atom stereocenters. The highest BCUT2D eigenvalue weighted by atomic mass is 16.5. The normalized spacial score (nSPS) is 18.7. The van der Waals surface area contributed by atoms with Gasteiger partial charge in [-0.05, 0) is 50.3 Å². The summed E-state index contributed by atoms with van der Waals surface area (Å²) >= 11 is 0. The van der Waals surface area contributed by atoms with Gasteiger partial charge < -0.3 is 15.2 Å². The Morgan fingerprint density at radius 1 is 1.23 bits per heavy atom. The highest BCUT2D eigenvalue weighted by Crippen LogP contribution is 2.44. The van der Waals surface area contributed by atoms with E-state index in [2.05, 4.69) is 37.8 Å². The smallest absolute Gasteiger partial charge is 0.319 e. The molecule has 1 saturated carbocycles. The Kier molecular flexibility index (Phi) is 4.88. The number of aromatic nitrogens is 2.